The summed E-state index contributed by atoms with van der Waals surface area (Å²) in [6.45, 7) is 5.45. The lowest BCUT2D eigenvalue weighted by atomic mass is 10.0. The maximum atomic E-state index is 12.0. The molecule has 0 aromatic rings. The zero-order valence-electron chi connectivity index (χ0n) is 26.5. The quantitative estimate of drug-likeness (QED) is 0.0676. The fourth-order valence-electron chi connectivity index (χ4n) is 5.35. The van der Waals surface area contributed by atoms with E-state index in [2.05, 4.69) is 31.3 Å². The van der Waals surface area contributed by atoms with Crippen LogP contribution >= 0.6 is 0 Å². The van der Waals surface area contributed by atoms with Gasteiger partial charge < -0.3 is 5.32 Å². The van der Waals surface area contributed by atoms with Crippen LogP contribution in [0.25, 0.3) is 0 Å². The van der Waals surface area contributed by atoms with Gasteiger partial charge in [-0.2, -0.15) is 0 Å². The second kappa shape index (κ2) is 34.2. The predicted molar refractivity (Wildman–Crippen MR) is 172 cm³/mol. The van der Waals surface area contributed by atoms with Crippen molar-refractivity contribution in [2.45, 2.75) is 206 Å². The number of carbonyl (C=O) groups excluding carboxylic acids is 1. The molecule has 0 saturated carbocycles. The van der Waals surface area contributed by atoms with Crippen LogP contribution < -0.4 is 5.32 Å². The van der Waals surface area contributed by atoms with E-state index in [1.807, 2.05) is 0 Å². The molecule has 226 valence electrons. The molecule has 0 fully saturated rings. The highest BCUT2D eigenvalue weighted by atomic mass is 16.1. The summed E-state index contributed by atoms with van der Waals surface area (Å²) >= 11 is 0. The van der Waals surface area contributed by atoms with Crippen molar-refractivity contribution in [2.24, 2.45) is 0 Å². The van der Waals surface area contributed by atoms with Crippen LogP contribution in [0.5, 0.6) is 0 Å². The molecular weight excluding hydrogens is 462 g/mol. The molecule has 0 atom stereocenters. The summed E-state index contributed by atoms with van der Waals surface area (Å²) in [6, 6.07) is 0. The van der Waals surface area contributed by atoms with Gasteiger partial charge in [0.1, 0.15) is 0 Å². The Kier molecular flexibility index (Phi) is 33.5. The smallest absolute Gasteiger partial charge is 0.219 e. The first-order valence-corrected chi connectivity index (χ1v) is 17.7. The number of carbonyl (C=O) groups is 1. The maximum absolute atomic E-state index is 12.0. The molecule has 1 N–H and O–H groups in total. The van der Waals surface area contributed by atoms with Gasteiger partial charge in [-0.25, -0.2) is 0 Å². The minimum absolute atomic E-state index is 0.271. The van der Waals surface area contributed by atoms with Gasteiger partial charge in [-0.3, -0.25) is 4.79 Å². The van der Waals surface area contributed by atoms with Gasteiger partial charge in [-0.05, 0) is 38.5 Å². The maximum Gasteiger partial charge on any atom is 0.219 e. The molecule has 2 heteroatoms. The van der Waals surface area contributed by atoms with Crippen molar-refractivity contribution in [3.63, 3.8) is 0 Å². The highest BCUT2D eigenvalue weighted by molar-refractivity contribution is 5.75. The van der Waals surface area contributed by atoms with Crippen molar-refractivity contribution < 1.29 is 4.79 Å². The van der Waals surface area contributed by atoms with Crippen LogP contribution in [0, 0.1) is 0 Å². The second-order valence-electron chi connectivity index (χ2n) is 12.0. The van der Waals surface area contributed by atoms with E-state index in [0.717, 1.165) is 25.8 Å². The van der Waals surface area contributed by atoms with Crippen molar-refractivity contribution in [1.82, 2.24) is 5.32 Å². The number of unbranched alkanes of at least 4 members (excludes halogenated alkanes) is 26. The summed E-state index contributed by atoms with van der Waals surface area (Å²) in [4.78, 5) is 12.0. The second-order valence-corrected chi connectivity index (χ2v) is 12.0. The van der Waals surface area contributed by atoms with Crippen LogP contribution in [-0.2, 0) is 4.79 Å². The van der Waals surface area contributed by atoms with Crippen LogP contribution in [0.1, 0.15) is 206 Å². The van der Waals surface area contributed by atoms with E-state index >= 15 is 0 Å². The van der Waals surface area contributed by atoms with Gasteiger partial charge in [0.25, 0.3) is 0 Å². The zero-order valence-corrected chi connectivity index (χ0v) is 26.5. The van der Waals surface area contributed by atoms with Crippen molar-refractivity contribution in [3.8, 4) is 0 Å². The lowest BCUT2D eigenvalue weighted by Gasteiger charge is -2.06. The van der Waals surface area contributed by atoms with E-state index in [1.54, 1.807) is 0 Å². The molecule has 0 aliphatic rings. The average molecular weight is 534 g/mol. The van der Waals surface area contributed by atoms with Crippen molar-refractivity contribution >= 4 is 5.91 Å². The summed E-state index contributed by atoms with van der Waals surface area (Å²) < 4.78 is 0. The Balaban J connectivity index is 3.18. The first kappa shape index (κ1) is 37.2. The van der Waals surface area contributed by atoms with E-state index in [9.17, 15) is 4.79 Å². The van der Waals surface area contributed by atoms with E-state index < -0.39 is 0 Å². The number of nitrogens with one attached hydrogen (secondary N) is 1. The van der Waals surface area contributed by atoms with Crippen LogP contribution in [0.15, 0.2) is 12.2 Å². The van der Waals surface area contributed by atoms with Crippen LogP contribution in [0.3, 0.4) is 0 Å². The topological polar surface area (TPSA) is 29.1 Å². The molecule has 0 aliphatic carbocycles. The third-order valence-corrected chi connectivity index (χ3v) is 8.02. The summed E-state index contributed by atoms with van der Waals surface area (Å²) in [5, 5.41) is 3.13. The molecule has 0 heterocycles. The zero-order chi connectivity index (χ0) is 27.6. The SMILES string of the molecule is CCCCCCCC/C=C\CCCCCCCCNC(=O)CCCCCCCCCCCCCCCCC. The summed E-state index contributed by atoms with van der Waals surface area (Å²) in [6.07, 6.45) is 44.8. The van der Waals surface area contributed by atoms with E-state index in [1.165, 1.54) is 173 Å². The number of hydrogen-bond acceptors (Lipinski definition) is 1. The van der Waals surface area contributed by atoms with Crippen molar-refractivity contribution in [1.29, 1.82) is 0 Å². The van der Waals surface area contributed by atoms with Gasteiger partial charge in [0.05, 0.1) is 0 Å². The molecule has 38 heavy (non-hydrogen) atoms. The molecule has 2 nitrogen and oxygen atoms in total. The molecule has 0 rings (SSSR count). The third-order valence-electron chi connectivity index (χ3n) is 8.02. The average Bonchev–Trinajstić information content (AvgIpc) is 2.92. The molecule has 1 amide bonds. The molecule has 0 aromatic heterocycles. The number of rotatable bonds is 32. The lowest BCUT2D eigenvalue weighted by Crippen LogP contribution is -2.23. The lowest BCUT2D eigenvalue weighted by molar-refractivity contribution is -0.121. The van der Waals surface area contributed by atoms with Gasteiger partial charge in [-0.15, -0.1) is 0 Å². The third kappa shape index (κ3) is 33.2. The first-order valence-electron chi connectivity index (χ1n) is 17.7. The molecule has 0 bridgehead atoms. The largest absolute Gasteiger partial charge is 0.356 e. The van der Waals surface area contributed by atoms with E-state index in [-0.39, 0.29) is 5.91 Å². The van der Waals surface area contributed by atoms with Crippen molar-refractivity contribution in [2.75, 3.05) is 6.54 Å². The Hall–Kier alpha value is -0.790. The van der Waals surface area contributed by atoms with E-state index in [0.29, 0.717) is 0 Å². The minimum atomic E-state index is 0.271. The molecule has 0 radical (unpaired) electrons. The molecule has 0 saturated heterocycles. The molecule has 0 aromatic carbocycles. The van der Waals surface area contributed by atoms with Crippen LogP contribution in [0.2, 0.25) is 0 Å². The van der Waals surface area contributed by atoms with Gasteiger partial charge >= 0.3 is 0 Å². The Morgan fingerprint density at radius 3 is 1.13 bits per heavy atom. The molecule has 0 spiro atoms. The predicted octanol–water partition coefficient (Wildman–Crippen LogP) is 12.4. The Labute approximate surface area is 241 Å². The fourth-order valence-corrected chi connectivity index (χ4v) is 5.35. The highest BCUT2D eigenvalue weighted by Gasteiger charge is 2.01. The normalized spacial score (nSPS) is 11.5. The van der Waals surface area contributed by atoms with Gasteiger partial charge in [0.2, 0.25) is 5.91 Å². The van der Waals surface area contributed by atoms with Crippen LogP contribution in [-0.4, -0.2) is 12.5 Å². The minimum Gasteiger partial charge on any atom is -0.356 e. The van der Waals surface area contributed by atoms with Gasteiger partial charge in [-0.1, -0.05) is 174 Å². The summed E-state index contributed by atoms with van der Waals surface area (Å²) in [7, 11) is 0. The van der Waals surface area contributed by atoms with Gasteiger partial charge in [0.15, 0.2) is 0 Å². The number of amides is 1. The van der Waals surface area contributed by atoms with E-state index in [4.69, 9.17) is 0 Å². The standard InChI is InChI=1S/C36H71NO/c1-3-5-7-9-11-13-15-17-19-21-23-25-27-29-31-33-35-37-36(38)34-32-30-28-26-24-22-20-18-16-14-12-10-8-6-4-2/h17,19H,3-16,18,20-35H2,1-2H3,(H,37,38)/b19-17-. The fraction of sp³-hybridized carbons (Fsp3) is 0.917. The Bertz CT molecular complexity index is 472. The molecular formula is C36H71NO. The van der Waals surface area contributed by atoms with Gasteiger partial charge in [0, 0.05) is 13.0 Å². The molecule has 0 aliphatic heterocycles. The van der Waals surface area contributed by atoms with Crippen LogP contribution in [0.4, 0.5) is 0 Å². The Morgan fingerprint density at radius 2 is 0.737 bits per heavy atom. The Morgan fingerprint density at radius 1 is 0.421 bits per heavy atom. The summed E-state index contributed by atoms with van der Waals surface area (Å²) in [5.74, 6) is 0.271. The summed E-state index contributed by atoms with van der Waals surface area (Å²) in [5.41, 5.74) is 0. The number of allylic oxidation sites excluding steroid dienone is 2. The monoisotopic (exact) mass is 534 g/mol. The van der Waals surface area contributed by atoms with Crippen molar-refractivity contribution in [3.05, 3.63) is 12.2 Å². The first-order chi connectivity index (χ1) is 18.8. The molecule has 0 unspecified atom stereocenters. The highest BCUT2D eigenvalue weighted by Crippen LogP contribution is 2.14. The number of hydrogen-bond donors (Lipinski definition) is 1.